The van der Waals surface area contributed by atoms with E-state index in [1.165, 1.54) is 16.0 Å². The maximum atomic E-state index is 12.7. The van der Waals surface area contributed by atoms with Crippen molar-refractivity contribution in [2.45, 2.75) is 45.6 Å². The molecule has 2 amide bonds. The fourth-order valence-electron chi connectivity index (χ4n) is 3.52. The number of aliphatic imine (C=N–C) groups is 1. The number of carbonyl (C=O) groups is 2. The molecular formula is C19H24N2O3. The topological polar surface area (TPSA) is 59.0 Å². The van der Waals surface area contributed by atoms with E-state index in [1.54, 1.807) is 0 Å². The van der Waals surface area contributed by atoms with Gasteiger partial charge in [0.15, 0.2) is 0 Å². The van der Waals surface area contributed by atoms with Gasteiger partial charge in [-0.15, -0.1) is 0 Å². The molecule has 128 valence electrons. The first kappa shape index (κ1) is 16.7. The average molecular weight is 328 g/mol. The Morgan fingerprint density at radius 3 is 2.92 bits per heavy atom. The lowest BCUT2D eigenvalue weighted by Gasteiger charge is -2.25. The van der Waals surface area contributed by atoms with Gasteiger partial charge in [-0.05, 0) is 34.9 Å². The molecule has 1 fully saturated rings. The van der Waals surface area contributed by atoms with Crippen LogP contribution in [0.4, 0.5) is 4.79 Å². The Kier molecular flexibility index (Phi) is 4.69. The SMILES string of the molecule is CC(C)[C@H]1COC(=O)N1C(=O)C[C@@H](C)c1cccc2c1CCN=C2. The molecule has 5 heteroatoms. The summed E-state index contributed by atoms with van der Waals surface area (Å²) in [5.41, 5.74) is 3.59. The monoisotopic (exact) mass is 328 g/mol. The lowest BCUT2D eigenvalue weighted by molar-refractivity contribution is -0.130. The Labute approximate surface area is 142 Å². The van der Waals surface area contributed by atoms with Crippen molar-refractivity contribution in [2.24, 2.45) is 10.9 Å². The Bertz CT molecular complexity index is 681. The quantitative estimate of drug-likeness (QED) is 0.853. The number of benzene rings is 1. The molecule has 0 unspecified atom stereocenters. The number of carbonyl (C=O) groups excluding carboxylic acids is 2. The van der Waals surface area contributed by atoms with Gasteiger partial charge in [-0.3, -0.25) is 9.79 Å². The van der Waals surface area contributed by atoms with E-state index >= 15 is 0 Å². The van der Waals surface area contributed by atoms with E-state index in [1.807, 2.05) is 33.1 Å². The van der Waals surface area contributed by atoms with Gasteiger partial charge >= 0.3 is 6.09 Å². The number of amides is 2. The van der Waals surface area contributed by atoms with Crippen molar-refractivity contribution < 1.29 is 14.3 Å². The highest BCUT2D eigenvalue weighted by Crippen LogP contribution is 2.29. The van der Waals surface area contributed by atoms with Gasteiger partial charge in [-0.25, -0.2) is 9.69 Å². The van der Waals surface area contributed by atoms with Crippen LogP contribution in [-0.2, 0) is 16.0 Å². The van der Waals surface area contributed by atoms with Crippen molar-refractivity contribution in [3.8, 4) is 0 Å². The molecule has 0 radical (unpaired) electrons. The normalized spacial score (nSPS) is 20.9. The van der Waals surface area contributed by atoms with Crippen molar-refractivity contribution in [3.05, 3.63) is 34.9 Å². The third-order valence-corrected chi connectivity index (χ3v) is 4.93. The molecular weight excluding hydrogens is 304 g/mol. The van der Waals surface area contributed by atoms with Crippen molar-refractivity contribution in [1.29, 1.82) is 0 Å². The van der Waals surface area contributed by atoms with Crippen molar-refractivity contribution in [2.75, 3.05) is 13.2 Å². The minimum absolute atomic E-state index is 0.0557. The molecule has 1 aromatic carbocycles. The molecule has 0 aromatic heterocycles. The van der Waals surface area contributed by atoms with Crippen LogP contribution in [0.3, 0.4) is 0 Å². The van der Waals surface area contributed by atoms with Crippen LogP contribution >= 0.6 is 0 Å². The second-order valence-corrected chi connectivity index (χ2v) is 6.96. The van der Waals surface area contributed by atoms with E-state index in [4.69, 9.17) is 4.74 Å². The predicted molar refractivity (Wildman–Crippen MR) is 92.5 cm³/mol. The van der Waals surface area contributed by atoms with Crippen LogP contribution in [0.5, 0.6) is 0 Å². The van der Waals surface area contributed by atoms with Crippen LogP contribution in [0.15, 0.2) is 23.2 Å². The summed E-state index contributed by atoms with van der Waals surface area (Å²) < 4.78 is 5.09. The van der Waals surface area contributed by atoms with Gasteiger partial charge in [0.05, 0.1) is 6.04 Å². The van der Waals surface area contributed by atoms with Gasteiger partial charge in [0, 0.05) is 19.2 Å². The van der Waals surface area contributed by atoms with E-state index < -0.39 is 6.09 Å². The molecule has 1 saturated heterocycles. The van der Waals surface area contributed by atoms with Crippen LogP contribution in [0.25, 0.3) is 0 Å². The first-order valence-electron chi connectivity index (χ1n) is 8.59. The zero-order valence-electron chi connectivity index (χ0n) is 14.5. The van der Waals surface area contributed by atoms with E-state index in [9.17, 15) is 9.59 Å². The molecule has 0 spiro atoms. The Hall–Kier alpha value is -2.17. The summed E-state index contributed by atoms with van der Waals surface area (Å²) in [6.45, 7) is 7.14. The van der Waals surface area contributed by atoms with Gasteiger partial charge in [-0.2, -0.15) is 0 Å². The van der Waals surface area contributed by atoms with Gasteiger partial charge in [-0.1, -0.05) is 39.0 Å². The highest BCUT2D eigenvalue weighted by Gasteiger charge is 2.39. The van der Waals surface area contributed by atoms with E-state index in [0.717, 1.165) is 18.5 Å². The van der Waals surface area contributed by atoms with E-state index in [0.29, 0.717) is 13.0 Å². The number of nitrogens with zero attached hydrogens (tertiary/aromatic N) is 2. The standard InChI is InChI=1S/C19H24N2O3/c1-12(2)17-11-24-19(23)21(17)18(22)9-13(3)15-6-4-5-14-10-20-8-7-16(14)15/h4-6,10,12-13,17H,7-9,11H2,1-3H3/t13-,17-/m1/s1. The first-order chi connectivity index (χ1) is 11.5. The molecule has 2 aliphatic heterocycles. The van der Waals surface area contributed by atoms with Gasteiger partial charge in [0.25, 0.3) is 0 Å². The molecule has 2 aliphatic rings. The van der Waals surface area contributed by atoms with Crippen LogP contribution in [0, 0.1) is 5.92 Å². The van der Waals surface area contributed by atoms with Crippen LogP contribution < -0.4 is 0 Å². The number of rotatable bonds is 4. The molecule has 3 rings (SSSR count). The Morgan fingerprint density at radius 2 is 2.17 bits per heavy atom. The molecule has 0 N–H and O–H groups in total. The third kappa shape index (κ3) is 3.07. The van der Waals surface area contributed by atoms with Crippen molar-refractivity contribution >= 4 is 18.2 Å². The number of hydrogen-bond acceptors (Lipinski definition) is 4. The maximum absolute atomic E-state index is 12.7. The minimum atomic E-state index is -0.506. The number of cyclic esters (lactones) is 1. The highest BCUT2D eigenvalue weighted by molar-refractivity contribution is 5.94. The summed E-state index contributed by atoms with van der Waals surface area (Å²) in [6, 6.07) is 5.99. The fourth-order valence-corrected chi connectivity index (χ4v) is 3.52. The second-order valence-electron chi connectivity index (χ2n) is 6.96. The maximum Gasteiger partial charge on any atom is 0.416 e. The minimum Gasteiger partial charge on any atom is -0.447 e. The van der Waals surface area contributed by atoms with Gasteiger partial charge in [0.1, 0.15) is 6.61 Å². The van der Waals surface area contributed by atoms with Gasteiger partial charge < -0.3 is 4.74 Å². The second kappa shape index (κ2) is 6.75. The summed E-state index contributed by atoms with van der Waals surface area (Å²) in [7, 11) is 0. The highest BCUT2D eigenvalue weighted by atomic mass is 16.6. The summed E-state index contributed by atoms with van der Waals surface area (Å²) in [4.78, 5) is 30.3. The Morgan fingerprint density at radius 1 is 1.38 bits per heavy atom. The van der Waals surface area contributed by atoms with E-state index in [-0.39, 0.29) is 23.8 Å². The van der Waals surface area contributed by atoms with Crippen LogP contribution in [-0.4, -0.2) is 42.3 Å². The summed E-state index contributed by atoms with van der Waals surface area (Å²) in [5, 5.41) is 0. The number of fused-ring (bicyclic) bond motifs is 1. The van der Waals surface area contributed by atoms with Crippen molar-refractivity contribution in [3.63, 3.8) is 0 Å². The molecule has 0 bridgehead atoms. The summed E-state index contributed by atoms with van der Waals surface area (Å²) >= 11 is 0. The molecule has 2 atom stereocenters. The zero-order valence-corrected chi connectivity index (χ0v) is 14.5. The average Bonchev–Trinajstić information content (AvgIpc) is 2.96. The molecule has 1 aromatic rings. The smallest absolute Gasteiger partial charge is 0.416 e. The number of hydrogen-bond donors (Lipinski definition) is 0. The largest absolute Gasteiger partial charge is 0.447 e. The van der Waals surface area contributed by atoms with Crippen molar-refractivity contribution in [1.82, 2.24) is 4.90 Å². The predicted octanol–water partition coefficient (Wildman–Crippen LogP) is 3.16. The fraction of sp³-hybridized carbons (Fsp3) is 0.526. The Balaban J connectivity index is 1.78. The lowest BCUT2D eigenvalue weighted by atomic mass is 9.87. The molecule has 2 heterocycles. The lowest BCUT2D eigenvalue weighted by Crippen LogP contribution is -2.42. The number of ether oxygens (including phenoxy) is 1. The van der Waals surface area contributed by atoms with Gasteiger partial charge in [0.2, 0.25) is 5.91 Å². The first-order valence-corrected chi connectivity index (χ1v) is 8.59. The molecule has 24 heavy (non-hydrogen) atoms. The summed E-state index contributed by atoms with van der Waals surface area (Å²) in [5.74, 6) is 0.0994. The third-order valence-electron chi connectivity index (χ3n) is 4.93. The molecule has 0 saturated carbocycles. The van der Waals surface area contributed by atoms with Crippen LogP contribution in [0.1, 0.15) is 49.8 Å². The number of imide groups is 1. The zero-order chi connectivity index (χ0) is 17.3. The molecule has 0 aliphatic carbocycles. The van der Waals surface area contributed by atoms with Crippen LogP contribution in [0.2, 0.25) is 0 Å². The summed E-state index contributed by atoms with van der Waals surface area (Å²) in [6.07, 6.45) is 2.61. The van der Waals surface area contributed by atoms with E-state index in [2.05, 4.69) is 17.1 Å². The molecule has 5 nitrogen and oxygen atoms in total.